The van der Waals surface area contributed by atoms with Crippen LogP contribution in [0.4, 0.5) is 0 Å². The fourth-order valence-corrected chi connectivity index (χ4v) is 11.6. The summed E-state index contributed by atoms with van der Waals surface area (Å²) in [7, 11) is 1.91. The summed E-state index contributed by atoms with van der Waals surface area (Å²) < 4.78 is 11.6. The molecule has 0 aromatic heterocycles. The van der Waals surface area contributed by atoms with Gasteiger partial charge in [-0.1, -0.05) is 53.2 Å². The summed E-state index contributed by atoms with van der Waals surface area (Å²) in [5, 5.41) is 11.2. The molecule has 0 bridgehead atoms. The van der Waals surface area contributed by atoms with Crippen LogP contribution in [0.2, 0.25) is 0 Å². The molecule has 4 saturated carbocycles. The Morgan fingerprint density at radius 3 is 2.30 bits per heavy atom. The third-order valence-electron chi connectivity index (χ3n) is 13.5. The summed E-state index contributed by atoms with van der Waals surface area (Å²) in [6, 6.07) is 0. The molecule has 0 saturated heterocycles. The van der Waals surface area contributed by atoms with E-state index in [1.165, 1.54) is 51.9 Å². The Morgan fingerprint density at radius 2 is 1.62 bits per heavy atom. The van der Waals surface area contributed by atoms with Gasteiger partial charge in [-0.2, -0.15) is 0 Å². The molecule has 210 valence electrons. The number of carbonyl (C=O) groups excluding carboxylic acids is 1. The SMILES string of the molecule is CO[C@@H]1CC[C@@]2(C)[C@@H](CC[C@@]3(C)CC4=CC[C@@H]5[C@](C)(CC[C@H](O)[C@]5(C)COC(C)=O)[C@H]4CC[C@@H]32)C1(C)C. The number of methoxy groups -OCH3 is 1. The van der Waals surface area contributed by atoms with Gasteiger partial charge < -0.3 is 14.6 Å². The molecule has 5 aliphatic carbocycles. The van der Waals surface area contributed by atoms with Crippen molar-refractivity contribution in [2.45, 2.75) is 125 Å². The fraction of sp³-hybridized carbons (Fsp3) is 0.909. The molecule has 4 fully saturated rings. The predicted octanol–water partition coefficient (Wildman–Crippen LogP) is 7.34. The summed E-state index contributed by atoms with van der Waals surface area (Å²) in [6.07, 6.45) is 14.3. The molecule has 5 rings (SSSR count). The number of allylic oxidation sites excluding steroid dienone is 2. The maximum absolute atomic E-state index is 11.7. The van der Waals surface area contributed by atoms with Crippen molar-refractivity contribution < 1.29 is 19.4 Å². The highest BCUT2D eigenvalue weighted by atomic mass is 16.5. The molecule has 4 nitrogen and oxygen atoms in total. The average Bonchev–Trinajstić information content (AvgIpc) is 2.97. The van der Waals surface area contributed by atoms with Crippen molar-refractivity contribution in [2.75, 3.05) is 13.7 Å². The molecule has 0 radical (unpaired) electrons. The van der Waals surface area contributed by atoms with Crippen LogP contribution in [0.5, 0.6) is 0 Å². The molecule has 1 N–H and O–H groups in total. The minimum Gasteiger partial charge on any atom is -0.465 e. The van der Waals surface area contributed by atoms with Crippen molar-refractivity contribution in [2.24, 2.45) is 50.7 Å². The monoisotopic (exact) mass is 514 g/mol. The molecule has 5 aliphatic rings. The van der Waals surface area contributed by atoms with Crippen LogP contribution >= 0.6 is 0 Å². The molecule has 0 aromatic rings. The minimum absolute atomic E-state index is 0.148. The Hall–Kier alpha value is -0.870. The lowest BCUT2D eigenvalue weighted by molar-refractivity contribution is -0.178. The fourth-order valence-electron chi connectivity index (χ4n) is 11.6. The number of fused-ring (bicyclic) bond motifs is 6. The Labute approximate surface area is 226 Å². The smallest absolute Gasteiger partial charge is 0.302 e. The quantitative estimate of drug-likeness (QED) is 0.316. The number of rotatable bonds is 3. The molecule has 0 unspecified atom stereocenters. The van der Waals surface area contributed by atoms with Gasteiger partial charge in [-0.15, -0.1) is 0 Å². The van der Waals surface area contributed by atoms with E-state index in [9.17, 15) is 9.90 Å². The standard InChI is InChI=1S/C33H54O4/c1-21(34)37-20-33(7)26-11-9-22-19-30(4)16-13-24-29(2,3)28(36-8)15-18-32(24,6)25(30)12-10-23(22)31(26,5)17-14-27(33)35/h9,23-28,35H,10-20H2,1-8H3/t23-,24-,25-,26+,27-,28+,30-,31+,32-,33+/m0/s1. The van der Waals surface area contributed by atoms with Gasteiger partial charge in [-0.25, -0.2) is 0 Å². The van der Waals surface area contributed by atoms with Gasteiger partial charge in [0.1, 0.15) is 0 Å². The third kappa shape index (κ3) is 4.00. The highest BCUT2D eigenvalue weighted by molar-refractivity contribution is 5.65. The number of ether oxygens (including phenoxy) is 2. The van der Waals surface area contributed by atoms with E-state index in [2.05, 4.69) is 47.6 Å². The van der Waals surface area contributed by atoms with Gasteiger partial charge in [0.25, 0.3) is 0 Å². The van der Waals surface area contributed by atoms with E-state index in [-0.39, 0.29) is 22.2 Å². The average molecular weight is 515 g/mol. The van der Waals surface area contributed by atoms with Gasteiger partial charge in [-0.3, -0.25) is 4.79 Å². The maximum atomic E-state index is 11.7. The lowest BCUT2D eigenvalue weighted by Crippen LogP contribution is -2.58. The largest absolute Gasteiger partial charge is 0.465 e. The number of hydrogen-bond donors (Lipinski definition) is 1. The second-order valence-electron chi connectivity index (χ2n) is 15.6. The zero-order valence-corrected chi connectivity index (χ0v) is 25.0. The molecule has 37 heavy (non-hydrogen) atoms. The molecule has 0 aliphatic heterocycles. The number of aliphatic hydroxyl groups excluding tert-OH is 1. The zero-order valence-electron chi connectivity index (χ0n) is 25.0. The lowest BCUT2D eigenvalue weighted by atomic mass is 9.42. The van der Waals surface area contributed by atoms with E-state index in [0.29, 0.717) is 41.3 Å². The third-order valence-corrected chi connectivity index (χ3v) is 13.5. The van der Waals surface area contributed by atoms with Gasteiger partial charge in [0.2, 0.25) is 0 Å². The summed E-state index contributed by atoms with van der Waals surface area (Å²) in [6.45, 7) is 16.7. The van der Waals surface area contributed by atoms with E-state index in [1.807, 2.05) is 7.11 Å². The maximum Gasteiger partial charge on any atom is 0.302 e. The van der Waals surface area contributed by atoms with Crippen molar-refractivity contribution >= 4 is 5.97 Å². The van der Waals surface area contributed by atoms with Crippen LogP contribution < -0.4 is 0 Å². The Morgan fingerprint density at radius 1 is 0.919 bits per heavy atom. The molecular formula is C33H54O4. The van der Waals surface area contributed by atoms with E-state index in [1.54, 1.807) is 5.57 Å². The first kappa shape index (κ1) is 27.7. The molecule has 4 heteroatoms. The second-order valence-corrected chi connectivity index (χ2v) is 15.6. The summed E-state index contributed by atoms with van der Waals surface area (Å²) in [5.74, 6) is 2.12. The van der Waals surface area contributed by atoms with E-state index >= 15 is 0 Å². The Bertz CT molecular complexity index is 939. The van der Waals surface area contributed by atoms with Crippen LogP contribution in [0.25, 0.3) is 0 Å². The van der Waals surface area contributed by atoms with Crippen LogP contribution in [-0.4, -0.2) is 37.0 Å². The van der Waals surface area contributed by atoms with E-state index in [0.717, 1.165) is 25.2 Å². The number of aliphatic hydroxyl groups is 1. The van der Waals surface area contributed by atoms with E-state index < -0.39 is 6.10 Å². The predicted molar refractivity (Wildman–Crippen MR) is 148 cm³/mol. The normalized spacial score (nSPS) is 50.9. The second kappa shape index (κ2) is 9.08. The Kier molecular flexibility index (Phi) is 6.80. The van der Waals surface area contributed by atoms with Crippen LogP contribution in [0.1, 0.15) is 113 Å². The van der Waals surface area contributed by atoms with Crippen molar-refractivity contribution in [1.82, 2.24) is 0 Å². The molecule has 10 atom stereocenters. The van der Waals surface area contributed by atoms with Gasteiger partial charge in [0.15, 0.2) is 0 Å². The molecule has 0 amide bonds. The summed E-state index contributed by atoms with van der Waals surface area (Å²) >= 11 is 0. The zero-order chi connectivity index (χ0) is 27.0. The van der Waals surface area contributed by atoms with Gasteiger partial charge in [-0.05, 0) is 110 Å². The molecule has 0 spiro atoms. The Balaban J connectivity index is 1.47. The van der Waals surface area contributed by atoms with Crippen molar-refractivity contribution in [3.8, 4) is 0 Å². The van der Waals surface area contributed by atoms with Crippen LogP contribution in [-0.2, 0) is 14.3 Å². The summed E-state index contributed by atoms with van der Waals surface area (Å²) in [4.78, 5) is 11.7. The van der Waals surface area contributed by atoms with Gasteiger partial charge >= 0.3 is 5.97 Å². The van der Waals surface area contributed by atoms with Crippen molar-refractivity contribution in [1.29, 1.82) is 0 Å². The summed E-state index contributed by atoms with van der Waals surface area (Å²) in [5.41, 5.74) is 2.42. The van der Waals surface area contributed by atoms with Gasteiger partial charge in [0, 0.05) is 19.4 Å². The lowest BCUT2D eigenvalue weighted by Gasteiger charge is -2.64. The van der Waals surface area contributed by atoms with Crippen molar-refractivity contribution in [3.05, 3.63) is 11.6 Å². The molecular weight excluding hydrogens is 460 g/mol. The van der Waals surface area contributed by atoms with Crippen LogP contribution in [0, 0.1) is 50.7 Å². The topological polar surface area (TPSA) is 55.8 Å². The van der Waals surface area contributed by atoms with Crippen LogP contribution in [0.15, 0.2) is 11.6 Å². The molecule has 0 heterocycles. The van der Waals surface area contributed by atoms with Gasteiger partial charge in [0.05, 0.1) is 18.8 Å². The first-order valence-corrected chi connectivity index (χ1v) is 15.3. The van der Waals surface area contributed by atoms with Crippen LogP contribution in [0.3, 0.4) is 0 Å². The number of esters is 1. The minimum atomic E-state index is -0.413. The highest BCUT2D eigenvalue weighted by Gasteiger charge is 2.63. The van der Waals surface area contributed by atoms with Crippen molar-refractivity contribution in [3.63, 3.8) is 0 Å². The molecule has 0 aromatic carbocycles. The number of hydrogen-bond acceptors (Lipinski definition) is 4. The number of carbonyl (C=O) groups is 1. The first-order valence-electron chi connectivity index (χ1n) is 15.3. The highest BCUT2D eigenvalue weighted by Crippen LogP contribution is 2.70. The first-order chi connectivity index (χ1) is 17.2. The van der Waals surface area contributed by atoms with E-state index in [4.69, 9.17) is 9.47 Å².